The van der Waals surface area contributed by atoms with Gasteiger partial charge in [0.25, 0.3) is 0 Å². The molecule has 0 fully saturated rings. The molecule has 1 rings (SSSR count). The predicted molar refractivity (Wildman–Crippen MR) is 56.3 cm³/mol. The van der Waals surface area contributed by atoms with E-state index in [4.69, 9.17) is 16.3 Å². The van der Waals surface area contributed by atoms with E-state index in [-0.39, 0.29) is 0 Å². The van der Waals surface area contributed by atoms with E-state index in [1.165, 1.54) is 0 Å². The number of rotatable bonds is 2. The van der Waals surface area contributed by atoms with E-state index in [9.17, 15) is 5.11 Å². The highest BCUT2D eigenvalue weighted by molar-refractivity contribution is 9.10. The van der Waals surface area contributed by atoms with Gasteiger partial charge in [-0.25, -0.2) is 0 Å². The molecule has 4 heteroatoms. The van der Waals surface area contributed by atoms with E-state index in [0.29, 0.717) is 16.3 Å². The zero-order valence-corrected chi connectivity index (χ0v) is 9.69. The third-order valence-corrected chi connectivity index (χ3v) is 2.50. The zero-order chi connectivity index (χ0) is 10.0. The quantitative estimate of drug-likeness (QED) is 0.890. The molecule has 0 aliphatic carbocycles. The van der Waals surface area contributed by atoms with Crippen LogP contribution in [-0.4, -0.2) is 12.2 Å². The molecule has 1 N–H and O–H groups in total. The fourth-order valence-electron chi connectivity index (χ4n) is 1.11. The van der Waals surface area contributed by atoms with Crippen LogP contribution in [-0.2, 0) is 0 Å². The lowest BCUT2D eigenvalue weighted by Gasteiger charge is -2.12. The summed E-state index contributed by atoms with van der Waals surface area (Å²) in [6.07, 6.45) is -0.593. The summed E-state index contributed by atoms with van der Waals surface area (Å²) in [5.41, 5.74) is 0.682. The van der Waals surface area contributed by atoms with Crippen molar-refractivity contribution in [3.05, 3.63) is 27.2 Å². The van der Waals surface area contributed by atoms with Crippen molar-refractivity contribution >= 4 is 27.5 Å². The number of halogens is 2. The smallest absolute Gasteiger partial charge is 0.138 e. The molecule has 1 atom stereocenters. The summed E-state index contributed by atoms with van der Waals surface area (Å²) < 4.78 is 5.88. The number of methoxy groups -OCH3 is 1. The van der Waals surface area contributed by atoms with Crippen LogP contribution < -0.4 is 4.74 Å². The van der Waals surface area contributed by atoms with Gasteiger partial charge in [-0.2, -0.15) is 0 Å². The van der Waals surface area contributed by atoms with Crippen LogP contribution >= 0.6 is 27.5 Å². The molecular formula is C9H10BrClO2. The summed E-state index contributed by atoms with van der Waals surface area (Å²) in [4.78, 5) is 0. The molecule has 1 aromatic carbocycles. The Kier molecular flexibility index (Phi) is 3.59. The number of aliphatic hydroxyl groups excluding tert-OH is 1. The van der Waals surface area contributed by atoms with Crippen LogP contribution in [0.4, 0.5) is 0 Å². The molecule has 0 heterocycles. The van der Waals surface area contributed by atoms with Crippen LogP contribution in [0, 0.1) is 0 Å². The lowest BCUT2D eigenvalue weighted by Crippen LogP contribution is -1.97. The minimum absolute atomic E-state index is 0.573. The Hall–Kier alpha value is -0.250. The monoisotopic (exact) mass is 264 g/mol. The third-order valence-electron chi connectivity index (χ3n) is 1.69. The number of benzene rings is 1. The fraction of sp³-hybridized carbons (Fsp3) is 0.333. The van der Waals surface area contributed by atoms with Gasteiger partial charge in [0.05, 0.1) is 17.7 Å². The van der Waals surface area contributed by atoms with E-state index >= 15 is 0 Å². The molecule has 13 heavy (non-hydrogen) atoms. The average molecular weight is 266 g/mol. The Morgan fingerprint density at radius 1 is 1.54 bits per heavy atom. The highest BCUT2D eigenvalue weighted by Crippen LogP contribution is 2.35. The molecule has 0 amide bonds. The lowest BCUT2D eigenvalue weighted by molar-refractivity contribution is 0.194. The van der Waals surface area contributed by atoms with E-state index in [1.807, 2.05) is 0 Å². The molecule has 0 aliphatic rings. The first-order valence-corrected chi connectivity index (χ1v) is 4.94. The van der Waals surface area contributed by atoms with Crippen LogP contribution in [0.25, 0.3) is 0 Å². The summed E-state index contributed by atoms with van der Waals surface area (Å²) in [6.45, 7) is 1.67. The fourth-order valence-corrected chi connectivity index (χ4v) is 2.10. The van der Waals surface area contributed by atoms with Crippen LogP contribution in [0.3, 0.4) is 0 Å². The molecular weight excluding hydrogens is 255 g/mol. The molecule has 0 saturated carbocycles. The summed E-state index contributed by atoms with van der Waals surface area (Å²) >= 11 is 9.13. The highest BCUT2D eigenvalue weighted by atomic mass is 79.9. The van der Waals surface area contributed by atoms with Gasteiger partial charge >= 0.3 is 0 Å². The van der Waals surface area contributed by atoms with E-state index < -0.39 is 6.10 Å². The minimum atomic E-state index is -0.593. The molecule has 0 saturated heterocycles. The SMILES string of the molecule is COc1c(Br)cc(Cl)cc1[C@@H](C)O. The first-order valence-electron chi connectivity index (χ1n) is 3.77. The molecule has 2 nitrogen and oxygen atoms in total. The van der Waals surface area contributed by atoms with Crippen molar-refractivity contribution < 1.29 is 9.84 Å². The number of hydrogen-bond donors (Lipinski definition) is 1. The molecule has 1 aromatic rings. The van der Waals surface area contributed by atoms with Crippen molar-refractivity contribution in [3.8, 4) is 5.75 Å². The van der Waals surface area contributed by atoms with Gasteiger partial charge in [0, 0.05) is 10.6 Å². The number of aliphatic hydroxyl groups is 1. The lowest BCUT2D eigenvalue weighted by atomic mass is 10.1. The first kappa shape index (κ1) is 10.8. The van der Waals surface area contributed by atoms with Gasteiger partial charge in [0.1, 0.15) is 5.75 Å². The Bertz CT molecular complexity index is 313. The highest BCUT2D eigenvalue weighted by Gasteiger charge is 2.12. The van der Waals surface area contributed by atoms with Gasteiger partial charge in [-0.3, -0.25) is 0 Å². The molecule has 0 aromatic heterocycles. The summed E-state index contributed by atoms with van der Waals surface area (Å²) in [6, 6.07) is 3.42. The van der Waals surface area contributed by atoms with Gasteiger partial charge in [0.2, 0.25) is 0 Å². The van der Waals surface area contributed by atoms with Gasteiger partial charge in [-0.05, 0) is 35.0 Å². The van der Waals surface area contributed by atoms with Gasteiger partial charge in [-0.1, -0.05) is 11.6 Å². The summed E-state index contributed by atoms with van der Waals surface area (Å²) in [5, 5.41) is 10.00. The van der Waals surface area contributed by atoms with Gasteiger partial charge < -0.3 is 9.84 Å². The maximum absolute atomic E-state index is 9.43. The van der Waals surface area contributed by atoms with Crippen LogP contribution in [0.2, 0.25) is 5.02 Å². The maximum Gasteiger partial charge on any atom is 0.138 e. The average Bonchev–Trinajstić information content (AvgIpc) is 2.02. The Morgan fingerprint density at radius 2 is 2.15 bits per heavy atom. The van der Waals surface area contributed by atoms with Crippen molar-refractivity contribution in [2.45, 2.75) is 13.0 Å². The molecule has 0 bridgehead atoms. The van der Waals surface area contributed by atoms with Crippen molar-refractivity contribution in [1.29, 1.82) is 0 Å². The van der Waals surface area contributed by atoms with Gasteiger partial charge in [-0.15, -0.1) is 0 Å². The van der Waals surface area contributed by atoms with Crippen LogP contribution in [0.1, 0.15) is 18.6 Å². The largest absolute Gasteiger partial charge is 0.495 e. The summed E-state index contributed by atoms with van der Waals surface area (Å²) in [7, 11) is 1.56. The van der Waals surface area contributed by atoms with E-state index in [0.717, 1.165) is 4.47 Å². The maximum atomic E-state index is 9.43. The van der Waals surface area contributed by atoms with Crippen molar-refractivity contribution in [2.24, 2.45) is 0 Å². The summed E-state index contributed by atoms with van der Waals surface area (Å²) in [5.74, 6) is 0.624. The predicted octanol–water partition coefficient (Wildman–Crippen LogP) is 3.16. The number of ether oxygens (including phenoxy) is 1. The van der Waals surface area contributed by atoms with E-state index in [1.54, 1.807) is 26.2 Å². The first-order chi connectivity index (χ1) is 6.06. The number of hydrogen-bond acceptors (Lipinski definition) is 2. The normalized spacial score (nSPS) is 12.7. The molecule has 0 aliphatic heterocycles. The standard InChI is InChI=1S/C9H10BrClO2/c1-5(12)7-3-6(11)4-8(10)9(7)13-2/h3-5,12H,1-2H3/t5-/m1/s1. The Balaban J connectivity index is 3.29. The second-order valence-corrected chi connectivity index (χ2v) is 3.98. The second kappa shape index (κ2) is 4.31. The van der Waals surface area contributed by atoms with Crippen LogP contribution in [0.15, 0.2) is 16.6 Å². The van der Waals surface area contributed by atoms with E-state index in [2.05, 4.69) is 15.9 Å². The topological polar surface area (TPSA) is 29.5 Å². The zero-order valence-electron chi connectivity index (χ0n) is 7.34. The van der Waals surface area contributed by atoms with Crippen molar-refractivity contribution in [1.82, 2.24) is 0 Å². The second-order valence-electron chi connectivity index (χ2n) is 2.69. The van der Waals surface area contributed by atoms with Crippen molar-refractivity contribution in [2.75, 3.05) is 7.11 Å². The van der Waals surface area contributed by atoms with Crippen molar-refractivity contribution in [3.63, 3.8) is 0 Å². The Labute approximate surface area is 90.6 Å². The van der Waals surface area contributed by atoms with Crippen LogP contribution in [0.5, 0.6) is 5.75 Å². The molecule has 0 unspecified atom stereocenters. The Morgan fingerprint density at radius 3 is 2.62 bits per heavy atom. The molecule has 72 valence electrons. The molecule has 0 spiro atoms. The minimum Gasteiger partial charge on any atom is -0.495 e. The van der Waals surface area contributed by atoms with Gasteiger partial charge in [0.15, 0.2) is 0 Å². The third kappa shape index (κ3) is 2.36. The molecule has 0 radical (unpaired) electrons.